The molecule has 1 aromatic carbocycles. The maximum Gasteiger partial charge on any atom is 0.416 e. The summed E-state index contributed by atoms with van der Waals surface area (Å²) in [4.78, 5) is 14.0. The average Bonchev–Trinajstić information content (AvgIpc) is 2.52. The van der Waals surface area contributed by atoms with Crippen molar-refractivity contribution in [3.63, 3.8) is 0 Å². The van der Waals surface area contributed by atoms with Gasteiger partial charge in [-0.2, -0.15) is 13.2 Å². The highest BCUT2D eigenvalue weighted by Crippen LogP contribution is 2.31. The van der Waals surface area contributed by atoms with Crippen LogP contribution in [0.3, 0.4) is 0 Å². The molecule has 128 valence electrons. The summed E-state index contributed by atoms with van der Waals surface area (Å²) >= 11 is 0. The molecule has 7 heteroatoms. The van der Waals surface area contributed by atoms with Gasteiger partial charge in [0, 0.05) is 18.6 Å². The van der Waals surface area contributed by atoms with Gasteiger partial charge < -0.3 is 15.4 Å². The Hall–Kier alpha value is -1.76. The Bertz CT molecular complexity index is 546. The molecule has 1 aliphatic rings. The number of rotatable bonds is 4. The number of hydrogen-bond acceptors (Lipinski definition) is 3. The van der Waals surface area contributed by atoms with Crippen LogP contribution in [0.1, 0.15) is 31.7 Å². The number of ether oxygens (including phenoxy) is 1. The third-order valence-corrected chi connectivity index (χ3v) is 4.00. The second-order valence-electron chi connectivity index (χ2n) is 5.82. The molecule has 23 heavy (non-hydrogen) atoms. The van der Waals surface area contributed by atoms with Gasteiger partial charge in [-0.25, -0.2) is 0 Å². The highest BCUT2D eigenvalue weighted by atomic mass is 19.4. The molecule has 1 saturated heterocycles. The van der Waals surface area contributed by atoms with Gasteiger partial charge in [0.2, 0.25) is 0 Å². The fourth-order valence-electron chi connectivity index (χ4n) is 2.80. The zero-order valence-corrected chi connectivity index (χ0v) is 13.0. The summed E-state index contributed by atoms with van der Waals surface area (Å²) < 4.78 is 43.2. The largest absolute Gasteiger partial charge is 0.484 e. The molecule has 0 bridgehead atoms. The SMILES string of the molecule is CC(N)C1CCCCN1C(=O)COc1cccc(C(F)(F)F)c1. The molecule has 1 aliphatic heterocycles. The van der Waals surface area contributed by atoms with E-state index in [-0.39, 0.29) is 30.3 Å². The van der Waals surface area contributed by atoms with Crippen LogP contribution < -0.4 is 10.5 Å². The summed E-state index contributed by atoms with van der Waals surface area (Å²) in [5, 5.41) is 0. The fraction of sp³-hybridized carbons (Fsp3) is 0.562. The van der Waals surface area contributed by atoms with Crippen LogP contribution in [0.4, 0.5) is 13.2 Å². The number of benzene rings is 1. The summed E-state index contributed by atoms with van der Waals surface area (Å²) in [5.74, 6) is -0.216. The quantitative estimate of drug-likeness (QED) is 0.923. The molecule has 0 aromatic heterocycles. The highest BCUT2D eigenvalue weighted by Gasteiger charge is 2.31. The lowest BCUT2D eigenvalue weighted by Gasteiger charge is -2.38. The molecule has 1 fully saturated rings. The lowest BCUT2D eigenvalue weighted by Crippen LogP contribution is -2.52. The van der Waals surface area contributed by atoms with Gasteiger partial charge in [0.25, 0.3) is 5.91 Å². The molecule has 1 amide bonds. The average molecular weight is 330 g/mol. The molecule has 4 nitrogen and oxygen atoms in total. The number of piperidine rings is 1. The van der Waals surface area contributed by atoms with Gasteiger partial charge in [0.1, 0.15) is 5.75 Å². The van der Waals surface area contributed by atoms with Crippen molar-refractivity contribution < 1.29 is 22.7 Å². The van der Waals surface area contributed by atoms with Crippen molar-refractivity contribution in [1.29, 1.82) is 0 Å². The van der Waals surface area contributed by atoms with Crippen LogP contribution in [0.5, 0.6) is 5.75 Å². The van der Waals surface area contributed by atoms with E-state index in [0.717, 1.165) is 31.4 Å². The van der Waals surface area contributed by atoms with Crippen molar-refractivity contribution in [2.24, 2.45) is 5.73 Å². The Labute approximate surface area is 133 Å². The van der Waals surface area contributed by atoms with E-state index in [4.69, 9.17) is 10.5 Å². The summed E-state index contributed by atoms with van der Waals surface area (Å²) in [6.45, 7) is 2.17. The standard InChI is InChI=1S/C16H21F3N2O2/c1-11(20)14-7-2-3-8-21(14)15(22)10-23-13-6-4-5-12(9-13)16(17,18)19/h4-6,9,11,14H,2-3,7-8,10,20H2,1H3. The predicted octanol–water partition coefficient (Wildman–Crippen LogP) is 2.81. The second kappa shape index (κ2) is 7.21. The smallest absolute Gasteiger partial charge is 0.416 e. The van der Waals surface area contributed by atoms with Gasteiger partial charge in [-0.3, -0.25) is 4.79 Å². The molecule has 2 unspecified atom stereocenters. The Morgan fingerprint density at radius 3 is 2.83 bits per heavy atom. The molecule has 2 atom stereocenters. The van der Waals surface area contributed by atoms with E-state index in [1.807, 2.05) is 6.92 Å². The zero-order valence-electron chi connectivity index (χ0n) is 13.0. The number of halogens is 3. The molecule has 1 heterocycles. The number of hydrogen-bond donors (Lipinski definition) is 1. The maximum absolute atomic E-state index is 12.7. The van der Waals surface area contributed by atoms with Gasteiger partial charge in [-0.05, 0) is 44.4 Å². The first-order chi connectivity index (χ1) is 10.8. The second-order valence-corrected chi connectivity index (χ2v) is 5.82. The van der Waals surface area contributed by atoms with E-state index in [1.165, 1.54) is 12.1 Å². The monoisotopic (exact) mass is 330 g/mol. The van der Waals surface area contributed by atoms with Crippen molar-refractivity contribution >= 4 is 5.91 Å². The molecule has 0 spiro atoms. The first kappa shape index (κ1) is 17.6. The molecular weight excluding hydrogens is 309 g/mol. The number of likely N-dealkylation sites (tertiary alicyclic amines) is 1. The van der Waals surface area contributed by atoms with Crippen LogP contribution >= 0.6 is 0 Å². The molecule has 0 aliphatic carbocycles. The highest BCUT2D eigenvalue weighted by molar-refractivity contribution is 5.78. The van der Waals surface area contributed by atoms with E-state index >= 15 is 0 Å². The normalized spacial score (nSPS) is 20.2. The van der Waals surface area contributed by atoms with E-state index in [2.05, 4.69) is 0 Å². The predicted molar refractivity (Wildman–Crippen MR) is 79.9 cm³/mol. The minimum atomic E-state index is -4.43. The van der Waals surface area contributed by atoms with Crippen LogP contribution in [-0.2, 0) is 11.0 Å². The molecule has 2 rings (SSSR count). The third-order valence-electron chi connectivity index (χ3n) is 4.00. The molecule has 0 radical (unpaired) electrons. The Morgan fingerprint density at radius 1 is 1.43 bits per heavy atom. The fourth-order valence-corrected chi connectivity index (χ4v) is 2.80. The topological polar surface area (TPSA) is 55.6 Å². The Balaban J connectivity index is 1.98. The molecule has 0 saturated carbocycles. The third kappa shape index (κ3) is 4.60. The lowest BCUT2D eigenvalue weighted by molar-refractivity contribution is -0.137. The van der Waals surface area contributed by atoms with Gasteiger partial charge in [-0.1, -0.05) is 6.07 Å². The number of carbonyl (C=O) groups excluding carboxylic acids is 1. The van der Waals surface area contributed by atoms with E-state index in [1.54, 1.807) is 4.90 Å². The van der Waals surface area contributed by atoms with Crippen molar-refractivity contribution in [3.8, 4) is 5.75 Å². The Kier molecular flexibility index (Phi) is 5.51. The van der Waals surface area contributed by atoms with Crippen LogP contribution in [0.15, 0.2) is 24.3 Å². The zero-order chi connectivity index (χ0) is 17.0. The van der Waals surface area contributed by atoms with Gasteiger partial charge in [0.05, 0.1) is 5.56 Å². The molecule has 1 aromatic rings. The number of nitrogens with two attached hydrogens (primary N) is 1. The number of amides is 1. The van der Waals surface area contributed by atoms with Crippen molar-refractivity contribution in [1.82, 2.24) is 4.90 Å². The minimum Gasteiger partial charge on any atom is -0.484 e. The van der Waals surface area contributed by atoms with E-state index < -0.39 is 11.7 Å². The summed E-state index contributed by atoms with van der Waals surface area (Å²) in [6.07, 6.45) is -1.67. The van der Waals surface area contributed by atoms with Crippen molar-refractivity contribution in [3.05, 3.63) is 29.8 Å². The number of alkyl halides is 3. The maximum atomic E-state index is 12.7. The lowest BCUT2D eigenvalue weighted by atomic mass is 9.97. The first-order valence-electron chi connectivity index (χ1n) is 7.64. The van der Waals surface area contributed by atoms with Crippen molar-refractivity contribution in [2.75, 3.05) is 13.2 Å². The number of carbonyl (C=O) groups is 1. The summed E-state index contributed by atoms with van der Waals surface area (Å²) in [7, 11) is 0. The molecular formula is C16H21F3N2O2. The first-order valence-corrected chi connectivity index (χ1v) is 7.64. The summed E-state index contributed by atoms with van der Waals surface area (Å²) in [5.41, 5.74) is 5.11. The van der Waals surface area contributed by atoms with Gasteiger partial charge >= 0.3 is 6.18 Å². The van der Waals surface area contributed by atoms with Crippen LogP contribution in [0.2, 0.25) is 0 Å². The van der Waals surface area contributed by atoms with Crippen LogP contribution in [0, 0.1) is 0 Å². The van der Waals surface area contributed by atoms with Gasteiger partial charge in [0.15, 0.2) is 6.61 Å². The molecule has 2 N–H and O–H groups in total. The summed E-state index contributed by atoms with van der Waals surface area (Å²) in [6, 6.07) is 4.34. The Morgan fingerprint density at radius 2 is 2.17 bits per heavy atom. The van der Waals surface area contributed by atoms with Crippen molar-refractivity contribution in [2.45, 2.75) is 44.4 Å². The van der Waals surface area contributed by atoms with E-state index in [0.29, 0.717) is 6.54 Å². The van der Waals surface area contributed by atoms with Gasteiger partial charge in [-0.15, -0.1) is 0 Å². The minimum absolute atomic E-state index is 0.0301. The van der Waals surface area contributed by atoms with E-state index in [9.17, 15) is 18.0 Å². The number of nitrogens with zero attached hydrogens (tertiary/aromatic N) is 1. The van der Waals surface area contributed by atoms with Crippen LogP contribution in [0.25, 0.3) is 0 Å². The van der Waals surface area contributed by atoms with Crippen LogP contribution in [-0.4, -0.2) is 36.0 Å².